The summed E-state index contributed by atoms with van der Waals surface area (Å²) < 4.78 is 0. The summed E-state index contributed by atoms with van der Waals surface area (Å²) in [5, 5.41) is 0. The van der Waals surface area contributed by atoms with Crippen molar-refractivity contribution < 1.29 is 0 Å². The van der Waals surface area contributed by atoms with Crippen LogP contribution in [0.2, 0.25) is 0 Å². The second-order valence-electron chi connectivity index (χ2n) is 5.58. The Morgan fingerprint density at radius 2 is 1.05 bits per heavy atom. The molecule has 0 nitrogen and oxygen atoms in total. The van der Waals surface area contributed by atoms with E-state index >= 15 is 0 Å². The molecule has 0 unspecified atom stereocenters. The maximum absolute atomic E-state index is 2.32. The molecule has 2 aromatic rings. The number of benzene rings is 2. The first-order chi connectivity index (χ1) is 10.2. The van der Waals surface area contributed by atoms with Crippen LogP contribution < -0.4 is 0 Å². The third-order valence-electron chi connectivity index (χ3n) is 4.29. The monoisotopic (exact) mass is 292 g/mol. The van der Waals surface area contributed by atoms with E-state index in [1.807, 2.05) is 11.8 Å². The van der Waals surface area contributed by atoms with E-state index in [4.69, 9.17) is 0 Å². The van der Waals surface area contributed by atoms with Gasteiger partial charge in [0.2, 0.25) is 0 Å². The van der Waals surface area contributed by atoms with Gasteiger partial charge in [0.1, 0.15) is 0 Å². The predicted molar refractivity (Wildman–Crippen MR) is 94.8 cm³/mol. The molecule has 0 aliphatic carbocycles. The van der Waals surface area contributed by atoms with Gasteiger partial charge in [0, 0.05) is 15.7 Å². The molecule has 0 spiro atoms. The fourth-order valence-corrected chi connectivity index (χ4v) is 4.12. The van der Waals surface area contributed by atoms with Crippen molar-refractivity contribution in [3.63, 3.8) is 0 Å². The summed E-state index contributed by atoms with van der Waals surface area (Å²) in [6.07, 6.45) is 0. The average Bonchev–Trinajstić information content (AvgIpc) is 2.55. The van der Waals surface area contributed by atoms with Crippen LogP contribution in [0.25, 0.3) is 9.81 Å². The molecule has 0 amide bonds. The highest BCUT2D eigenvalue weighted by Gasteiger charge is 2.24. The van der Waals surface area contributed by atoms with Gasteiger partial charge in [-0.25, -0.2) is 0 Å². The quantitative estimate of drug-likeness (QED) is 0.632. The van der Waals surface area contributed by atoms with Crippen LogP contribution in [0.4, 0.5) is 0 Å². The molecule has 3 rings (SSSR count). The minimum Gasteiger partial charge on any atom is -0.0889 e. The first kappa shape index (κ1) is 14.2. The van der Waals surface area contributed by atoms with Crippen LogP contribution in [0.3, 0.4) is 0 Å². The summed E-state index contributed by atoms with van der Waals surface area (Å²) in [5.74, 6) is 0.497. The minimum atomic E-state index is 0.497. The van der Waals surface area contributed by atoms with Gasteiger partial charge in [-0.1, -0.05) is 90.5 Å². The molecule has 1 aliphatic heterocycles. The fraction of sp³-hybridized carbons (Fsp3) is 0.200. The lowest BCUT2D eigenvalue weighted by Crippen LogP contribution is -2.07. The zero-order valence-electron chi connectivity index (χ0n) is 12.8. The second kappa shape index (κ2) is 5.95. The second-order valence-corrected chi connectivity index (χ2v) is 6.60. The molecule has 1 heteroatoms. The summed E-state index contributed by atoms with van der Waals surface area (Å²) in [7, 11) is 0. The molecule has 1 aliphatic rings. The first-order valence-electron chi connectivity index (χ1n) is 7.38. The van der Waals surface area contributed by atoms with Crippen molar-refractivity contribution in [3.05, 3.63) is 82.9 Å². The molecule has 0 bridgehead atoms. The average molecular weight is 292 g/mol. The van der Waals surface area contributed by atoms with Gasteiger partial charge in [0.15, 0.2) is 0 Å². The largest absolute Gasteiger partial charge is 0.0889 e. The molecular formula is C20H20S. The molecule has 0 N–H and O–H groups in total. The van der Waals surface area contributed by atoms with E-state index in [9.17, 15) is 0 Å². The van der Waals surface area contributed by atoms with E-state index in [2.05, 4.69) is 81.4 Å². The predicted octanol–water partition coefficient (Wildman–Crippen LogP) is 6.23. The van der Waals surface area contributed by atoms with Gasteiger partial charge in [-0.15, -0.1) is 0 Å². The maximum Gasteiger partial charge on any atom is 0.0190 e. The van der Waals surface area contributed by atoms with E-state index < -0.39 is 0 Å². The first-order valence-corrected chi connectivity index (χ1v) is 8.20. The number of hydrogen-bond acceptors (Lipinski definition) is 1. The Hall–Kier alpha value is -1.73. The Morgan fingerprint density at radius 3 is 1.43 bits per heavy atom. The van der Waals surface area contributed by atoms with Crippen molar-refractivity contribution in [3.8, 4) is 0 Å². The highest BCUT2D eigenvalue weighted by molar-refractivity contribution is 8.16. The molecular weight excluding hydrogens is 272 g/mol. The van der Waals surface area contributed by atoms with Crippen LogP contribution >= 0.6 is 11.8 Å². The van der Waals surface area contributed by atoms with Crippen LogP contribution in [0.1, 0.15) is 31.9 Å². The van der Waals surface area contributed by atoms with E-state index in [1.165, 1.54) is 32.1 Å². The molecule has 0 saturated carbocycles. The van der Waals surface area contributed by atoms with Crippen molar-refractivity contribution in [1.82, 2.24) is 0 Å². The molecule has 2 aromatic carbocycles. The summed E-state index contributed by atoms with van der Waals surface area (Å²) in [4.78, 5) is 2.82. The lowest BCUT2D eigenvalue weighted by atomic mass is 9.91. The number of allylic oxidation sites excluding steroid dienone is 2. The third-order valence-corrected chi connectivity index (χ3v) is 5.82. The lowest BCUT2D eigenvalue weighted by Gasteiger charge is -2.28. The SMILES string of the molecule is CC1=C(c2ccccc2)SC(c2ccccc2)=C(C)C1C. The van der Waals surface area contributed by atoms with Gasteiger partial charge in [0.05, 0.1) is 0 Å². The van der Waals surface area contributed by atoms with E-state index in [1.54, 1.807) is 0 Å². The normalized spacial score (nSPS) is 16.5. The minimum absolute atomic E-state index is 0.497. The third kappa shape index (κ3) is 2.71. The molecule has 0 fully saturated rings. The zero-order valence-corrected chi connectivity index (χ0v) is 13.6. The van der Waals surface area contributed by atoms with E-state index in [0.717, 1.165) is 0 Å². The van der Waals surface area contributed by atoms with Crippen molar-refractivity contribution >= 4 is 21.6 Å². The fourth-order valence-electron chi connectivity index (χ4n) is 2.73. The Kier molecular flexibility index (Phi) is 4.03. The summed E-state index contributed by atoms with van der Waals surface area (Å²) in [6, 6.07) is 21.5. The molecule has 106 valence electrons. The Labute approximate surface area is 131 Å². The van der Waals surface area contributed by atoms with Crippen LogP contribution in [0.5, 0.6) is 0 Å². The van der Waals surface area contributed by atoms with Crippen LogP contribution in [0, 0.1) is 5.92 Å². The Balaban J connectivity index is 2.06. The summed E-state index contributed by atoms with van der Waals surface area (Å²) >= 11 is 1.92. The molecule has 1 heterocycles. The van der Waals surface area contributed by atoms with Gasteiger partial charge < -0.3 is 0 Å². The van der Waals surface area contributed by atoms with Gasteiger partial charge in [-0.3, -0.25) is 0 Å². The smallest absolute Gasteiger partial charge is 0.0190 e. The highest BCUT2D eigenvalue weighted by Crippen LogP contribution is 2.50. The molecule has 21 heavy (non-hydrogen) atoms. The highest BCUT2D eigenvalue weighted by atomic mass is 32.2. The molecule has 0 aromatic heterocycles. The summed E-state index contributed by atoms with van der Waals surface area (Å²) in [5.41, 5.74) is 5.60. The summed E-state index contributed by atoms with van der Waals surface area (Å²) in [6.45, 7) is 6.85. The molecule has 0 atom stereocenters. The standard InChI is InChI=1S/C20H20S/c1-14-15(2)19(17-10-6-4-7-11-17)21-20(16(14)3)18-12-8-5-9-13-18/h4-14H,1-3H3. The topological polar surface area (TPSA) is 0 Å². The van der Waals surface area contributed by atoms with Gasteiger partial charge in [-0.2, -0.15) is 0 Å². The zero-order chi connectivity index (χ0) is 14.8. The number of rotatable bonds is 2. The van der Waals surface area contributed by atoms with Crippen molar-refractivity contribution in [2.24, 2.45) is 5.92 Å². The van der Waals surface area contributed by atoms with Crippen molar-refractivity contribution in [2.45, 2.75) is 20.8 Å². The molecule has 0 saturated heterocycles. The van der Waals surface area contributed by atoms with Crippen LogP contribution in [-0.4, -0.2) is 0 Å². The van der Waals surface area contributed by atoms with Gasteiger partial charge in [-0.05, 0) is 25.0 Å². The maximum atomic E-state index is 2.32. The number of hydrogen-bond donors (Lipinski definition) is 0. The number of thioether (sulfide) groups is 1. The van der Waals surface area contributed by atoms with E-state index in [0.29, 0.717) is 5.92 Å². The van der Waals surface area contributed by atoms with Gasteiger partial charge >= 0.3 is 0 Å². The Morgan fingerprint density at radius 1 is 0.667 bits per heavy atom. The van der Waals surface area contributed by atoms with Crippen molar-refractivity contribution in [2.75, 3.05) is 0 Å². The van der Waals surface area contributed by atoms with E-state index in [-0.39, 0.29) is 0 Å². The lowest BCUT2D eigenvalue weighted by molar-refractivity contribution is 0.809. The van der Waals surface area contributed by atoms with Gasteiger partial charge in [0.25, 0.3) is 0 Å². The van der Waals surface area contributed by atoms with Crippen LogP contribution in [-0.2, 0) is 0 Å². The Bertz CT molecular complexity index is 632. The van der Waals surface area contributed by atoms with Crippen molar-refractivity contribution in [1.29, 1.82) is 0 Å². The molecule has 0 radical (unpaired) electrons. The van der Waals surface area contributed by atoms with Crippen LogP contribution in [0.15, 0.2) is 71.8 Å².